The number of alkyl halides is 3. The molecule has 2 fully saturated rings. The van der Waals surface area contributed by atoms with Gasteiger partial charge in [0.05, 0.1) is 6.33 Å². The van der Waals surface area contributed by atoms with Gasteiger partial charge in [-0.25, -0.2) is 9.97 Å². The van der Waals surface area contributed by atoms with Crippen LogP contribution in [0.5, 0.6) is 5.75 Å². The number of hydrogen-bond donors (Lipinski definition) is 0. The van der Waals surface area contributed by atoms with E-state index < -0.39 is 6.36 Å². The first-order valence-corrected chi connectivity index (χ1v) is 10.6. The van der Waals surface area contributed by atoms with Crippen molar-refractivity contribution in [2.75, 3.05) is 18.0 Å². The molecule has 6 rings (SSSR count). The highest BCUT2D eigenvalue weighted by Crippen LogP contribution is 2.58. The lowest BCUT2D eigenvalue weighted by molar-refractivity contribution is -0.274. The molecule has 0 unspecified atom stereocenters. The molecule has 0 bridgehead atoms. The fourth-order valence-corrected chi connectivity index (χ4v) is 4.78. The van der Waals surface area contributed by atoms with Crippen molar-refractivity contribution in [3.8, 4) is 5.75 Å². The van der Waals surface area contributed by atoms with E-state index in [1.165, 1.54) is 29.4 Å². The summed E-state index contributed by atoms with van der Waals surface area (Å²) < 4.78 is 49.3. The van der Waals surface area contributed by atoms with E-state index in [0.717, 1.165) is 18.8 Å². The number of hydrogen-bond acceptors (Lipinski definition) is 8. The molecule has 176 valence electrons. The number of nitrogens with zero attached hydrogens (tertiary/aromatic N) is 7. The van der Waals surface area contributed by atoms with E-state index >= 15 is 0 Å². The van der Waals surface area contributed by atoms with Crippen LogP contribution in [0.15, 0.2) is 46.2 Å². The average molecular weight is 473 g/mol. The molecule has 0 radical (unpaired) electrons. The van der Waals surface area contributed by atoms with Crippen LogP contribution in [0.3, 0.4) is 0 Å². The highest BCUT2D eigenvalue weighted by atomic mass is 19.4. The first-order valence-electron chi connectivity index (χ1n) is 10.6. The minimum absolute atomic E-state index is 0.112. The molecule has 4 heterocycles. The predicted octanol–water partition coefficient (Wildman–Crippen LogP) is 2.31. The predicted molar refractivity (Wildman–Crippen MR) is 111 cm³/mol. The van der Waals surface area contributed by atoms with Crippen LogP contribution < -0.4 is 15.2 Å². The molecule has 1 saturated heterocycles. The zero-order chi connectivity index (χ0) is 23.6. The van der Waals surface area contributed by atoms with Gasteiger partial charge < -0.3 is 18.7 Å². The molecule has 3 atom stereocenters. The normalized spacial score (nSPS) is 21.8. The van der Waals surface area contributed by atoms with Crippen LogP contribution in [0.2, 0.25) is 0 Å². The third-order valence-corrected chi connectivity index (χ3v) is 6.42. The molecule has 34 heavy (non-hydrogen) atoms. The Kier molecular flexibility index (Phi) is 4.44. The van der Waals surface area contributed by atoms with Crippen molar-refractivity contribution in [3.63, 3.8) is 0 Å². The molecule has 1 aliphatic heterocycles. The molecule has 3 aromatic heterocycles. The van der Waals surface area contributed by atoms with Crippen molar-refractivity contribution in [1.29, 1.82) is 0 Å². The zero-order valence-corrected chi connectivity index (χ0v) is 17.8. The van der Waals surface area contributed by atoms with Gasteiger partial charge in [-0.05, 0) is 36.1 Å². The molecule has 1 saturated carbocycles. The summed E-state index contributed by atoms with van der Waals surface area (Å²) in [6.45, 7) is 1.61. The van der Waals surface area contributed by atoms with Crippen LogP contribution >= 0.6 is 0 Å². The second kappa shape index (κ2) is 7.30. The zero-order valence-electron chi connectivity index (χ0n) is 17.8. The number of fused-ring (bicyclic) bond motifs is 2. The van der Waals surface area contributed by atoms with Crippen molar-refractivity contribution in [1.82, 2.24) is 29.2 Å². The smallest absolute Gasteiger partial charge is 0.406 e. The molecular weight excluding hydrogens is 455 g/mol. The van der Waals surface area contributed by atoms with E-state index in [2.05, 4.69) is 29.7 Å². The van der Waals surface area contributed by atoms with Gasteiger partial charge in [-0.1, -0.05) is 5.16 Å². The maximum atomic E-state index is 12.7. The molecule has 1 aliphatic carbocycles. The van der Waals surface area contributed by atoms with Crippen LogP contribution in [0.4, 0.5) is 18.9 Å². The summed E-state index contributed by atoms with van der Waals surface area (Å²) in [4.78, 5) is 27.6. The van der Waals surface area contributed by atoms with E-state index in [-0.39, 0.29) is 23.8 Å². The van der Waals surface area contributed by atoms with E-state index in [1.807, 2.05) is 0 Å². The van der Waals surface area contributed by atoms with Crippen molar-refractivity contribution in [2.24, 2.45) is 18.9 Å². The Morgan fingerprint density at radius 3 is 2.53 bits per heavy atom. The van der Waals surface area contributed by atoms with Gasteiger partial charge in [-0.3, -0.25) is 9.36 Å². The van der Waals surface area contributed by atoms with Crippen LogP contribution in [0.1, 0.15) is 17.6 Å². The van der Waals surface area contributed by atoms with Gasteiger partial charge in [0.2, 0.25) is 5.89 Å². The second-order valence-electron chi connectivity index (χ2n) is 8.55. The fraction of sp³-hybridized carbons (Fsp3) is 0.381. The van der Waals surface area contributed by atoms with Crippen molar-refractivity contribution in [3.05, 3.63) is 59.0 Å². The lowest BCUT2D eigenvalue weighted by Gasteiger charge is -2.21. The largest absolute Gasteiger partial charge is 0.573 e. The molecule has 0 N–H and O–H groups in total. The molecule has 0 spiro atoms. The number of aryl methyl sites for hydroxylation is 1. The van der Waals surface area contributed by atoms with Gasteiger partial charge in [0.1, 0.15) is 18.6 Å². The Hall–Kier alpha value is -3.90. The fourth-order valence-electron chi connectivity index (χ4n) is 4.78. The summed E-state index contributed by atoms with van der Waals surface area (Å²) in [6.07, 6.45) is -1.76. The number of benzene rings is 1. The van der Waals surface area contributed by atoms with Crippen molar-refractivity contribution < 1.29 is 22.4 Å². The summed E-state index contributed by atoms with van der Waals surface area (Å²) in [5.41, 5.74) is 1.38. The Bertz CT molecular complexity index is 1410. The first-order chi connectivity index (χ1) is 16.3. The number of piperidine rings is 1. The van der Waals surface area contributed by atoms with Gasteiger partial charge >= 0.3 is 6.36 Å². The Labute approximate surface area is 189 Å². The van der Waals surface area contributed by atoms with Crippen LogP contribution in [0, 0.1) is 11.8 Å². The molecule has 10 nitrogen and oxygen atoms in total. The maximum absolute atomic E-state index is 12.7. The van der Waals surface area contributed by atoms with E-state index in [9.17, 15) is 18.0 Å². The monoisotopic (exact) mass is 473 g/mol. The minimum Gasteiger partial charge on any atom is -0.406 e. The van der Waals surface area contributed by atoms with Gasteiger partial charge in [-0.2, -0.15) is 4.98 Å². The molecule has 0 amide bonds. The Morgan fingerprint density at radius 1 is 1.12 bits per heavy atom. The van der Waals surface area contributed by atoms with Gasteiger partial charge in [0, 0.05) is 31.7 Å². The van der Waals surface area contributed by atoms with Crippen LogP contribution in [0.25, 0.3) is 11.2 Å². The summed E-state index contributed by atoms with van der Waals surface area (Å²) in [7, 11) is 1.73. The lowest BCUT2D eigenvalue weighted by Crippen LogP contribution is -2.24. The molecule has 13 heteroatoms. The van der Waals surface area contributed by atoms with Gasteiger partial charge in [0.15, 0.2) is 17.0 Å². The van der Waals surface area contributed by atoms with E-state index in [1.54, 1.807) is 23.7 Å². The van der Waals surface area contributed by atoms with E-state index in [4.69, 9.17) is 4.52 Å². The Balaban J connectivity index is 1.10. The topological polar surface area (TPSA) is 104 Å². The maximum Gasteiger partial charge on any atom is 0.573 e. The third kappa shape index (κ3) is 3.56. The molecular formula is C21H18F3N7O3. The minimum atomic E-state index is -4.71. The van der Waals surface area contributed by atoms with Gasteiger partial charge in [-0.15, -0.1) is 13.2 Å². The number of aromatic nitrogens is 6. The first kappa shape index (κ1) is 20.7. The van der Waals surface area contributed by atoms with Crippen molar-refractivity contribution >= 4 is 16.9 Å². The number of ether oxygens (including phenoxy) is 1. The quantitative estimate of drug-likeness (QED) is 0.435. The molecule has 4 aromatic rings. The van der Waals surface area contributed by atoms with E-state index in [0.29, 0.717) is 34.7 Å². The van der Waals surface area contributed by atoms with Gasteiger partial charge in [0.25, 0.3) is 5.56 Å². The highest BCUT2D eigenvalue weighted by Gasteiger charge is 2.58. The Morgan fingerprint density at radius 2 is 1.82 bits per heavy atom. The number of rotatable bonds is 5. The SMILES string of the molecule is Cn1cnc2ncn(Cc3nc([C@H]4[C@@H]5CN(c6ccc(OC(F)(F)F)cc6)C[C@@H]54)no3)c(=O)c21. The number of imidazole rings is 1. The standard InChI is InChI=1S/C21H18F3N7O3/c1-29-9-25-19-17(29)20(32)31(10-26-19)8-15-27-18(28-34-15)16-13-6-30(7-14(13)16)11-2-4-12(5-3-11)33-21(22,23)24/h2-5,9-10,13-14,16H,6-8H2,1H3/t13-,14+,16+. The number of anilines is 1. The second-order valence-corrected chi connectivity index (χ2v) is 8.55. The van der Waals surface area contributed by atoms with Crippen LogP contribution in [-0.4, -0.2) is 48.7 Å². The lowest BCUT2D eigenvalue weighted by atomic mass is 10.2. The average Bonchev–Trinajstić information content (AvgIpc) is 3.19. The summed E-state index contributed by atoms with van der Waals surface area (Å²) >= 11 is 0. The highest BCUT2D eigenvalue weighted by molar-refractivity contribution is 5.68. The third-order valence-electron chi connectivity index (χ3n) is 6.42. The number of halogens is 3. The van der Waals surface area contributed by atoms with Crippen LogP contribution in [-0.2, 0) is 13.6 Å². The summed E-state index contributed by atoms with van der Waals surface area (Å²) in [5.74, 6) is 1.54. The summed E-state index contributed by atoms with van der Waals surface area (Å²) in [5, 5.41) is 4.12. The summed E-state index contributed by atoms with van der Waals surface area (Å²) in [6, 6.07) is 5.88. The van der Waals surface area contributed by atoms with Crippen molar-refractivity contribution in [2.45, 2.75) is 18.8 Å². The molecule has 2 aliphatic rings. The molecule has 1 aromatic carbocycles.